The minimum atomic E-state index is -0.791. The van der Waals surface area contributed by atoms with Crippen molar-refractivity contribution in [3.63, 3.8) is 0 Å². The van der Waals surface area contributed by atoms with Crippen LogP contribution in [-0.4, -0.2) is 36.7 Å². The minimum absolute atomic E-state index is 0.173. The van der Waals surface area contributed by atoms with Crippen LogP contribution < -0.4 is 10.1 Å². The Morgan fingerprint density at radius 2 is 2.08 bits per heavy atom. The van der Waals surface area contributed by atoms with Gasteiger partial charge in [-0.2, -0.15) is 0 Å². The van der Waals surface area contributed by atoms with E-state index in [0.717, 1.165) is 10.0 Å². The SMILES string of the molecule is COc1cccc(C(O)CN(C)C(=O)Nc2ccc(C)c(Br)c2)c1. The van der Waals surface area contributed by atoms with Crippen molar-refractivity contribution in [1.29, 1.82) is 0 Å². The van der Waals surface area contributed by atoms with Gasteiger partial charge < -0.3 is 20.1 Å². The van der Waals surface area contributed by atoms with E-state index in [1.54, 1.807) is 32.4 Å². The number of anilines is 1. The Balaban J connectivity index is 1.98. The molecule has 5 nitrogen and oxygen atoms in total. The van der Waals surface area contributed by atoms with E-state index in [2.05, 4.69) is 21.2 Å². The van der Waals surface area contributed by atoms with Crippen LogP contribution in [0.4, 0.5) is 10.5 Å². The number of ether oxygens (including phenoxy) is 1. The van der Waals surface area contributed by atoms with Gasteiger partial charge in [0.05, 0.1) is 19.8 Å². The van der Waals surface area contributed by atoms with Gasteiger partial charge in [0.2, 0.25) is 0 Å². The van der Waals surface area contributed by atoms with Gasteiger partial charge in [-0.1, -0.05) is 34.1 Å². The number of carbonyl (C=O) groups is 1. The van der Waals surface area contributed by atoms with Gasteiger partial charge >= 0.3 is 6.03 Å². The van der Waals surface area contributed by atoms with Gasteiger partial charge in [0.1, 0.15) is 5.75 Å². The summed E-state index contributed by atoms with van der Waals surface area (Å²) in [6.45, 7) is 2.15. The number of carbonyl (C=O) groups excluding carboxylic acids is 1. The van der Waals surface area contributed by atoms with Crippen molar-refractivity contribution < 1.29 is 14.6 Å². The second-order valence-electron chi connectivity index (χ2n) is 5.57. The van der Waals surface area contributed by atoms with Crippen molar-refractivity contribution in [2.45, 2.75) is 13.0 Å². The summed E-state index contributed by atoms with van der Waals surface area (Å²) in [5.74, 6) is 0.670. The first-order valence-corrected chi connectivity index (χ1v) is 8.30. The fourth-order valence-corrected chi connectivity index (χ4v) is 2.56. The number of hydrogen-bond acceptors (Lipinski definition) is 3. The molecule has 1 unspecified atom stereocenters. The summed E-state index contributed by atoms with van der Waals surface area (Å²) in [6.07, 6.45) is -0.791. The third-order valence-electron chi connectivity index (χ3n) is 3.70. The molecule has 2 amide bonds. The van der Waals surface area contributed by atoms with Crippen LogP contribution in [0.3, 0.4) is 0 Å². The van der Waals surface area contributed by atoms with Crippen LogP contribution in [0.2, 0.25) is 0 Å². The minimum Gasteiger partial charge on any atom is -0.497 e. The zero-order valence-corrected chi connectivity index (χ0v) is 15.5. The maximum Gasteiger partial charge on any atom is 0.321 e. The Labute approximate surface area is 150 Å². The number of urea groups is 1. The molecule has 0 heterocycles. The maximum atomic E-state index is 12.3. The molecule has 128 valence electrons. The van der Waals surface area contributed by atoms with Gasteiger partial charge in [0.15, 0.2) is 0 Å². The number of nitrogens with zero attached hydrogens (tertiary/aromatic N) is 1. The number of aliphatic hydroxyl groups excluding tert-OH is 1. The fourth-order valence-electron chi connectivity index (χ4n) is 2.19. The van der Waals surface area contributed by atoms with Gasteiger partial charge in [-0.05, 0) is 42.3 Å². The van der Waals surface area contributed by atoms with Gasteiger partial charge in [0, 0.05) is 17.2 Å². The molecule has 6 heteroatoms. The van der Waals surface area contributed by atoms with Crippen LogP contribution in [0, 0.1) is 6.92 Å². The molecule has 2 aromatic rings. The predicted molar refractivity (Wildman–Crippen MR) is 98.5 cm³/mol. The number of nitrogens with one attached hydrogen (secondary N) is 1. The molecule has 0 fully saturated rings. The van der Waals surface area contributed by atoms with Gasteiger partial charge in [0.25, 0.3) is 0 Å². The number of halogens is 1. The highest BCUT2D eigenvalue weighted by Crippen LogP contribution is 2.22. The van der Waals surface area contributed by atoms with Gasteiger partial charge in [-0.25, -0.2) is 4.79 Å². The number of hydrogen-bond donors (Lipinski definition) is 2. The molecule has 0 saturated heterocycles. The Bertz CT molecular complexity index is 721. The number of methoxy groups -OCH3 is 1. The highest BCUT2D eigenvalue weighted by atomic mass is 79.9. The molecular formula is C18H21BrN2O3. The first kappa shape index (κ1) is 18.3. The molecule has 0 saturated carbocycles. The average molecular weight is 393 g/mol. The van der Waals surface area contributed by atoms with Crippen molar-refractivity contribution in [3.05, 3.63) is 58.1 Å². The number of amides is 2. The van der Waals surface area contributed by atoms with Crippen LogP contribution in [0.15, 0.2) is 46.9 Å². The van der Waals surface area contributed by atoms with E-state index in [1.165, 1.54) is 4.90 Å². The summed E-state index contributed by atoms with van der Waals surface area (Å²) < 4.78 is 6.08. The maximum absolute atomic E-state index is 12.3. The van der Waals surface area contributed by atoms with Gasteiger partial charge in [-0.3, -0.25) is 0 Å². The van der Waals surface area contributed by atoms with Crippen molar-refractivity contribution >= 4 is 27.6 Å². The highest BCUT2D eigenvalue weighted by molar-refractivity contribution is 9.10. The standard InChI is InChI=1S/C18H21BrN2O3/c1-12-7-8-14(10-16(12)19)20-18(23)21(2)11-17(22)13-5-4-6-15(9-13)24-3/h4-10,17,22H,11H2,1-3H3,(H,20,23). The number of likely N-dealkylation sites (N-methyl/N-ethyl adjacent to an activating group) is 1. The fraction of sp³-hybridized carbons (Fsp3) is 0.278. The lowest BCUT2D eigenvalue weighted by Gasteiger charge is -2.22. The third-order valence-corrected chi connectivity index (χ3v) is 4.55. The molecule has 1 atom stereocenters. The molecule has 0 aliphatic carbocycles. The van der Waals surface area contributed by atoms with Crippen molar-refractivity contribution in [3.8, 4) is 5.75 Å². The number of benzene rings is 2. The lowest BCUT2D eigenvalue weighted by molar-refractivity contribution is 0.136. The zero-order chi connectivity index (χ0) is 17.7. The van der Waals surface area contributed by atoms with Crippen molar-refractivity contribution in [1.82, 2.24) is 4.90 Å². The predicted octanol–water partition coefficient (Wildman–Crippen LogP) is 3.96. The molecule has 0 aliphatic heterocycles. The average Bonchev–Trinajstić information content (AvgIpc) is 2.58. The second-order valence-corrected chi connectivity index (χ2v) is 6.42. The van der Waals surface area contributed by atoms with E-state index in [-0.39, 0.29) is 12.6 Å². The van der Waals surface area contributed by atoms with Crippen LogP contribution in [0.1, 0.15) is 17.2 Å². The van der Waals surface area contributed by atoms with Crippen LogP contribution >= 0.6 is 15.9 Å². The first-order chi connectivity index (χ1) is 11.4. The molecule has 0 spiro atoms. The Morgan fingerprint density at radius 3 is 2.75 bits per heavy atom. The van der Waals surface area contributed by atoms with E-state index >= 15 is 0 Å². The summed E-state index contributed by atoms with van der Waals surface area (Å²) in [4.78, 5) is 13.7. The molecule has 24 heavy (non-hydrogen) atoms. The Hall–Kier alpha value is -2.05. The summed E-state index contributed by atoms with van der Waals surface area (Å²) in [6, 6.07) is 12.5. The quantitative estimate of drug-likeness (QED) is 0.809. The first-order valence-electron chi connectivity index (χ1n) is 7.51. The molecule has 0 aromatic heterocycles. The van der Waals surface area contributed by atoms with Crippen LogP contribution in [-0.2, 0) is 0 Å². The number of rotatable bonds is 5. The normalized spacial score (nSPS) is 11.7. The zero-order valence-electron chi connectivity index (χ0n) is 13.9. The monoisotopic (exact) mass is 392 g/mol. The summed E-state index contributed by atoms with van der Waals surface area (Å²) >= 11 is 3.44. The Kier molecular flexibility index (Phi) is 6.23. The smallest absolute Gasteiger partial charge is 0.321 e. The Morgan fingerprint density at radius 1 is 1.33 bits per heavy atom. The summed E-state index contributed by atoms with van der Waals surface area (Å²) in [5.41, 5.74) is 2.49. The lowest BCUT2D eigenvalue weighted by Crippen LogP contribution is -2.34. The molecule has 0 radical (unpaired) electrons. The molecule has 2 rings (SSSR count). The molecule has 2 N–H and O–H groups in total. The number of aliphatic hydroxyl groups is 1. The van der Waals surface area contributed by atoms with Crippen LogP contribution in [0.25, 0.3) is 0 Å². The van der Waals surface area contributed by atoms with E-state index in [0.29, 0.717) is 17.0 Å². The highest BCUT2D eigenvalue weighted by Gasteiger charge is 2.16. The number of aryl methyl sites for hydroxylation is 1. The third kappa shape index (κ3) is 4.72. The van der Waals surface area contributed by atoms with E-state index in [9.17, 15) is 9.90 Å². The second kappa shape index (κ2) is 8.17. The van der Waals surface area contributed by atoms with E-state index in [1.807, 2.05) is 31.2 Å². The molecule has 0 aliphatic rings. The topological polar surface area (TPSA) is 61.8 Å². The van der Waals surface area contributed by atoms with E-state index in [4.69, 9.17) is 4.74 Å². The largest absolute Gasteiger partial charge is 0.497 e. The summed E-state index contributed by atoms with van der Waals surface area (Å²) in [5, 5.41) is 13.1. The van der Waals surface area contributed by atoms with E-state index < -0.39 is 6.10 Å². The summed E-state index contributed by atoms with van der Waals surface area (Å²) in [7, 11) is 3.22. The molecular weight excluding hydrogens is 372 g/mol. The van der Waals surface area contributed by atoms with Crippen molar-refractivity contribution in [2.75, 3.05) is 26.0 Å². The molecule has 2 aromatic carbocycles. The molecule has 0 bridgehead atoms. The lowest BCUT2D eigenvalue weighted by atomic mass is 10.1. The van der Waals surface area contributed by atoms with Crippen LogP contribution in [0.5, 0.6) is 5.75 Å². The van der Waals surface area contributed by atoms with Gasteiger partial charge in [-0.15, -0.1) is 0 Å². The van der Waals surface area contributed by atoms with Crippen molar-refractivity contribution in [2.24, 2.45) is 0 Å².